The summed E-state index contributed by atoms with van der Waals surface area (Å²) in [4.78, 5) is 14.5. The van der Waals surface area contributed by atoms with E-state index in [0.717, 1.165) is 41.8 Å². The third-order valence-electron chi connectivity index (χ3n) is 4.41. The van der Waals surface area contributed by atoms with E-state index in [-0.39, 0.29) is 12.0 Å². The molecule has 1 amide bonds. The number of nitrogens with zero attached hydrogens (tertiary/aromatic N) is 1. The van der Waals surface area contributed by atoms with Gasteiger partial charge in [0.2, 0.25) is 0 Å². The average Bonchev–Trinajstić information content (AvgIpc) is 2.66. The Hall–Kier alpha value is -2.05. The number of carbonyl (C=O) groups is 1. The number of carbonyl (C=O) groups excluding carboxylic acids is 1. The molecule has 2 aromatic rings. The summed E-state index contributed by atoms with van der Waals surface area (Å²) in [5, 5.41) is 12.5. The molecule has 2 N–H and O–H groups in total. The molecule has 26 heavy (non-hydrogen) atoms. The Bertz CT molecular complexity index is 728. The van der Waals surface area contributed by atoms with Gasteiger partial charge in [0.25, 0.3) is 5.91 Å². The van der Waals surface area contributed by atoms with E-state index in [4.69, 9.17) is 4.74 Å². The van der Waals surface area contributed by atoms with Crippen LogP contribution in [0, 0.1) is 0 Å². The molecule has 1 heterocycles. The third kappa shape index (κ3) is 5.22. The minimum Gasteiger partial charge on any atom is -0.492 e. The maximum Gasteiger partial charge on any atom is 0.251 e. The van der Waals surface area contributed by atoms with E-state index in [1.165, 1.54) is 0 Å². The molecule has 0 aromatic heterocycles. The van der Waals surface area contributed by atoms with Crippen molar-refractivity contribution >= 4 is 27.5 Å². The number of ether oxygens (including phenoxy) is 1. The van der Waals surface area contributed by atoms with Gasteiger partial charge in [-0.05, 0) is 55.3 Å². The fourth-order valence-electron chi connectivity index (χ4n) is 2.94. The predicted octanol–water partition coefficient (Wildman–Crippen LogP) is 3.22. The van der Waals surface area contributed by atoms with Crippen LogP contribution in [0.25, 0.3) is 0 Å². The molecule has 0 saturated carbocycles. The minimum absolute atomic E-state index is 0.108. The van der Waals surface area contributed by atoms with E-state index >= 15 is 0 Å². The lowest BCUT2D eigenvalue weighted by Gasteiger charge is -2.31. The van der Waals surface area contributed by atoms with Crippen LogP contribution in [0.3, 0.4) is 0 Å². The Balaban J connectivity index is 1.44. The second-order valence-corrected chi connectivity index (χ2v) is 7.24. The van der Waals surface area contributed by atoms with Crippen LogP contribution in [-0.2, 0) is 0 Å². The number of benzene rings is 2. The Labute approximate surface area is 162 Å². The topological polar surface area (TPSA) is 61.8 Å². The molecule has 138 valence electrons. The second kappa shape index (κ2) is 9.05. The summed E-state index contributed by atoms with van der Waals surface area (Å²) in [6, 6.07) is 15.2. The first-order valence-corrected chi connectivity index (χ1v) is 9.61. The summed E-state index contributed by atoms with van der Waals surface area (Å²) in [5.74, 6) is 0.660. The molecule has 0 bridgehead atoms. The molecular weight excluding hydrogens is 396 g/mol. The molecule has 1 aliphatic rings. The van der Waals surface area contributed by atoms with Crippen molar-refractivity contribution < 1.29 is 14.6 Å². The number of aliphatic hydroxyl groups excluding tert-OH is 1. The number of hydrogen-bond donors (Lipinski definition) is 2. The van der Waals surface area contributed by atoms with Crippen molar-refractivity contribution in [2.24, 2.45) is 0 Å². The van der Waals surface area contributed by atoms with Gasteiger partial charge in [0.05, 0.1) is 12.6 Å². The van der Waals surface area contributed by atoms with E-state index in [2.05, 4.69) is 26.1 Å². The van der Waals surface area contributed by atoms with Gasteiger partial charge in [-0.25, -0.2) is 0 Å². The highest BCUT2D eigenvalue weighted by atomic mass is 79.9. The molecule has 1 aliphatic heterocycles. The first-order chi connectivity index (χ1) is 12.6. The number of amides is 1. The fourth-order valence-corrected chi connectivity index (χ4v) is 3.32. The molecule has 3 rings (SSSR count). The summed E-state index contributed by atoms with van der Waals surface area (Å²) in [6.07, 6.45) is 1.40. The normalized spacial score (nSPS) is 14.9. The SMILES string of the molecule is O=C(NCCOc1cccc(Br)c1)c1ccc(N2CCC(O)CC2)cc1. The van der Waals surface area contributed by atoms with Crippen LogP contribution in [0.15, 0.2) is 53.0 Å². The Morgan fingerprint density at radius 2 is 1.92 bits per heavy atom. The molecule has 0 unspecified atom stereocenters. The van der Waals surface area contributed by atoms with Crippen LogP contribution < -0.4 is 15.0 Å². The van der Waals surface area contributed by atoms with Crippen LogP contribution in [0.5, 0.6) is 5.75 Å². The number of aliphatic hydroxyl groups is 1. The van der Waals surface area contributed by atoms with Crippen molar-refractivity contribution in [3.63, 3.8) is 0 Å². The van der Waals surface area contributed by atoms with Gasteiger partial charge >= 0.3 is 0 Å². The summed E-state index contributed by atoms with van der Waals surface area (Å²) in [6.45, 7) is 2.55. The standard InChI is InChI=1S/C20H23BrN2O3/c21-16-2-1-3-19(14-16)26-13-10-22-20(25)15-4-6-17(7-5-15)23-11-8-18(24)9-12-23/h1-7,14,18,24H,8-13H2,(H,22,25). The molecule has 6 heteroatoms. The lowest BCUT2D eigenvalue weighted by molar-refractivity contribution is 0.0947. The first-order valence-electron chi connectivity index (χ1n) is 8.81. The van der Waals surface area contributed by atoms with Crippen LogP contribution in [-0.4, -0.2) is 43.4 Å². The average molecular weight is 419 g/mol. The van der Waals surface area contributed by atoms with Gasteiger partial charge in [-0.1, -0.05) is 22.0 Å². The zero-order chi connectivity index (χ0) is 18.4. The lowest BCUT2D eigenvalue weighted by Crippen LogP contribution is -2.35. The molecule has 0 aliphatic carbocycles. The molecule has 0 atom stereocenters. The largest absolute Gasteiger partial charge is 0.492 e. The van der Waals surface area contributed by atoms with Gasteiger partial charge in [0, 0.05) is 28.8 Å². The minimum atomic E-state index is -0.185. The van der Waals surface area contributed by atoms with Crippen molar-refractivity contribution in [2.75, 3.05) is 31.1 Å². The summed E-state index contributed by atoms with van der Waals surface area (Å²) in [5.41, 5.74) is 1.72. The van der Waals surface area contributed by atoms with Gasteiger partial charge in [-0.3, -0.25) is 4.79 Å². The summed E-state index contributed by atoms with van der Waals surface area (Å²) >= 11 is 3.40. The van der Waals surface area contributed by atoms with Crippen LogP contribution in [0.2, 0.25) is 0 Å². The quantitative estimate of drug-likeness (QED) is 0.706. The van der Waals surface area contributed by atoms with Gasteiger partial charge in [-0.15, -0.1) is 0 Å². The van der Waals surface area contributed by atoms with Gasteiger partial charge in [0.15, 0.2) is 0 Å². The van der Waals surface area contributed by atoms with Crippen LogP contribution in [0.4, 0.5) is 5.69 Å². The van der Waals surface area contributed by atoms with Gasteiger partial charge < -0.3 is 20.1 Å². The molecular formula is C20H23BrN2O3. The van der Waals surface area contributed by atoms with E-state index in [1.807, 2.05) is 48.5 Å². The summed E-state index contributed by atoms with van der Waals surface area (Å²) in [7, 11) is 0. The highest BCUT2D eigenvalue weighted by molar-refractivity contribution is 9.10. The number of piperidine rings is 1. The highest BCUT2D eigenvalue weighted by Crippen LogP contribution is 2.20. The smallest absolute Gasteiger partial charge is 0.251 e. The lowest BCUT2D eigenvalue weighted by atomic mass is 10.1. The Morgan fingerprint density at radius 1 is 1.19 bits per heavy atom. The molecule has 0 radical (unpaired) electrons. The maximum absolute atomic E-state index is 12.2. The van der Waals surface area contributed by atoms with E-state index in [1.54, 1.807) is 0 Å². The fraction of sp³-hybridized carbons (Fsp3) is 0.350. The monoisotopic (exact) mass is 418 g/mol. The van der Waals surface area contributed by atoms with Crippen molar-refractivity contribution in [3.05, 3.63) is 58.6 Å². The van der Waals surface area contributed by atoms with Crippen molar-refractivity contribution in [1.82, 2.24) is 5.32 Å². The first kappa shape index (κ1) is 18.7. The van der Waals surface area contributed by atoms with Crippen molar-refractivity contribution in [3.8, 4) is 5.75 Å². The molecule has 1 fully saturated rings. The number of halogens is 1. The van der Waals surface area contributed by atoms with Crippen molar-refractivity contribution in [2.45, 2.75) is 18.9 Å². The molecule has 5 nitrogen and oxygen atoms in total. The van der Waals surface area contributed by atoms with E-state index < -0.39 is 0 Å². The molecule has 0 spiro atoms. The Morgan fingerprint density at radius 3 is 2.62 bits per heavy atom. The molecule has 2 aromatic carbocycles. The van der Waals surface area contributed by atoms with E-state index in [0.29, 0.717) is 18.7 Å². The number of rotatable bonds is 6. The highest BCUT2D eigenvalue weighted by Gasteiger charge is 2.17. The van der Waals surface area contributed by atoms with Crippen molar-refractivity contribution in [1.29, 1.82) is 0 Å². The van der Waals surface area contributed by atoms with Gasteiger partial charge in [-0.2, -0.15) is 0 Å². The second-order valence-electron chi connectivity index (χ2n) is 6.33. The zero-order valence-electron chi connectivity index (χ0n) is 14.5. The van der Waals surface area contributed by atoms with Crippen LogP contribution in [0.1, 0.15) is 23.2 Å². The Kier molecular flexibility index (Phi) is 6.52. The molecule has 1 saturated heterocycles. The number of nitrogens with one attached hydrogen (secondary N) is 1. The maximum atomic E-state index is 12.2. The zero-order valence-corrected chi connectivity index (χ0v) is 16.1. The predicted molar refractivity (Wildman–Crippen MR) is 106 cm³/mol. The number of anilines is 1. The van der Waals surface area contributed by atoms with Gasteiger partial charge in [0.1, 0.15) is 12.4 Å². The van der Waals surface area contributed by atoms with Crippen LogP contribution >= 0.6 is 15.9 Å². The number of hydrogen-bond acceptors (Lipinski definition) is 4. The van der Waals surface area contributed by atoms with E-state index in [9.17, 15) is 9.90 Å². The third-order valence-corrected chi connectivity index (χ3v) is 4.90. The summed E-state index contributed by atoms with van der Waals surface area (Å²) < 4.78 is 6.57.